The molecule has 2 aromatic rings. The molecule has 1 aliphatic carbocycles. The second kappa shape index (κ2) is 6.04. The summed E-state index contributed by atoms with van der Waals surface area (Å²) >= 11 is 0. The molecule has 1 atom stereocenters. The van der Waals surface area contributed by atoms with Gasteiger partial charge in [-0.3, -0.25) is 0 Å². The molecule has 0 spiro atoms. The third-order valence-corrected chi connectivity index (χ3v) is 5.55. The molecule has 0 bridgehead atoms. The largest absolute Gasteiger partial charge is 0.380 e. The molecule has 1 N–H and O–H groups in total. The Morgan fingerprint density at radius 1 is 1.00 bits per heavy atom. The van der Waals surface area contributed by atoms with Crippen LogP contribution in [0.1, 0.15) is 74.4 Å². The summed E-state index contributed by atoms with van der Waals surface area (Å²) < 4.78 is 0. The van der Waals surface area contributed by atoms with Crippen LogP contribution in [0.5, 0.6) is 0 Å². The fourth-order valence-corrected chi connectivity index (χ4v) is 4.03. The maximum absolute atomic E-state index is 11.6. The summed E-state index contributed by atoms with van der Waals surface area (Å²) in [6.07, 6.45) is 3.78. The van der Waals surface area contributed by atoms with E-state index in [1.807, 2.05) is 0 Å². The molecule has 24 heavy (non-hydrogen) atoms. The average Bonchev–Trinajstić information content (AvgIpc) is 2.92. The van der Waals surface area contributed by atoms with E-state index in [2.05, 4.69) is 71.0 Å². The number of hydrogen-bond acceptors (Lipinski definition) is 1. The molecule has 0 radical (unpaired) electrons. The second-order valence-electron chi connectivity index (χ2n) is 8.18. The van der Waals surface area contributed by atoms with Gasteiger partial charge in [-0.15, -0.1) is 0 Å². The Morgan fingerprint density at radius 2 is 1.67 bits per heavy atom. The summed E-state index contributed by atoms with van der Waals surface area (Å²) in [7, 11) is 0. The van der Waals surface area contributed by atoms with Crippen molar-refractivity contribution in [2.24, 2.45) is 0 Å². The van der Waals surface area contributed by atoms with Gasteiger partial charge in [0.05, 0.1) is 0 Å². The van der Waals surface area contributed by atoms with Crippen LogP contribution >= 0.6 is 0 Å². The highest BCUT2D eigenvalue weighted by molar-refractivity contribution is 5.52. The van der Waals surface area contributed by atoms with Gasteiger partial charge in [-0.05, 0) is 64.5 Å². The predicted molar refractivity (Wildman–Crippen MR) is 102 cm³/mol. The first kappa shape index (κ1) is 17.2. The smallest absolute Gasteiger partial charge is 0.115 e. The van der Waals surface area contributed by atoms with Crippen LogP contribution in [-0.4, -0.2) is 5.11 Å². The standard InChI is InChI=1S/C23H30O/c1-6-16-14-17(7-2)21-18(15-16)12-13-23(21,24)20-10-8-19(9-11-20)22(3,4)5/h8-11,14-15,24H,6-7,12-13H2,1-5H3. The first-order chi connectivity index (χ1) is 11.3. The molecular formula is C23H30O. The van der Waals surface area contributed by atoms with Crippen molar-refractivity contribution in [2.45, 2.75) is 71.3 Å². The fourth-order valence-electron chi connectivity index (χ4n) is 4.03. The molecule has 0 saturated carbocycles. The second-order valence-corrected chi connectivity index (χ2v) is 8.18. The Bertz CT molecular complexity index is 734. The van der Waals surface area contributed by atoms with Crippen molar-refractivity contribution in [3.63, 3.8) is 0 Å². The Hall–Kier alpha value is -1.60. The topological polar surface area (TPSA) is 20.2 Å². The molecule has 1 unspecified atom stereocenters. The zero-order chi connectivity index (χ0) is 17.5. The highest BCUT2D eigenvalue weighted by atomic mass is 16.3. The van der Waals surface area contributed by atoms with E-state index in [0.717, 1.165) is 31.2 Å². The lowest BCUT2D eigenvalue weighted by molar-refractivity contribution is 0.0821. The number of benzene rings is 2. The van der Waals surface area contributed by atoms with Gasteiger partial charge in [-0.1, -0.05) is 71.0 Å². The molecule has 0 saturated heterocycles. The van der Waals surface area contributed by atoms with E-state index in [9.17, 15) is 5.11 Å². The van der Waals surface area contributed by atoms with Gasteiger partial charge in [-0.25, -0.2) is 0 Å². The predicted octanol–water partition coefficient (Wildman–Crippen LogP) is 5.29. The molecular weight excluding hydrogens is 292 g/mol. The van der Waals surface area contributed by atoms with Gasteiger partial charge in [0.15, 0.2) is 0 Å². The van der Waals surface area contributed by atoms with Crippen molar-refractivity contribution in [1.82, 2.24) is 0 Å². The van der Waals surface area contributed by atoms with Crippen LogP contribution in [-0.2, 0) is 30.3 Å². The van der Waals surface area contributed by atoms with Crippen LogP contribution in [0.25, 0.3) is 0 Å². The number of aliphatic hydroxyl groups is 1. The van der Waals surface area contributed by atoms with E-state index in [0.29, 0.717) is 0 Å². The summed E-state index contributed by atoms with van der Waals surface area (Å²) in [4.78, 5) is 0. The minimum absolute atomic E-state index is 0.138. The molecule has 128 valence electrons. The van der Waals surface area contributed by atoms with Crippen molar-refractivity contribution < 1.29 is 5.11 Å². The fraction of sp³-hybridized carbons (Fsp3) is 0.478. The zero-order valence-corrected chi connectivity index (χ0v) is 15.7. The molecule has 0 aromatic heterocycles. The molecule has 1 nitrogen and oxygen atoms in total. The van der Waals surface area contributed by atoms with Crippen molar-refractivity contribution in [3.8, 4) is 0 Å². The first-order valence-corrected chi connectivity index (χ1v) is 9.28. The third-order valence-electron chi connectivity index (χ3n) is 5.55. The lowest BCUT2D eigenvalue weighted by Crippen LogP contribution is -2.25. The summed E-state index contributed by atoms with van der Waals surface area (Å²) in [5.74, 6) is 0. The number of rotatable bonds is 3. The van der Waals surface area contributed by atoms with Gasteiger partial charge in [0.1, 0.15) is 5.60 Å². The van der Waals surface area contributed by atoms with Gasteiger partial charge in [0.25, 0.3) is 0 Å². The quantitative estimate of drug-likeness (QED) is 0.814. The minimum Gasteiger partial charge on any atom is -0.380 e. The summed E-state index contributed by atoms with van der Waals surface area (Å²) in [6, 6.07) is 13.2. The summed E-state index contributed by atoms with van der Waals surface area (Å²) in [6.45, 7) is 11.1. The van der Waals surface area contributed by atoms with E-state index in [4.69, 9.17) is 0 Å². The van der Waals surface area contributed by atoms with Crippen LogP contribution in [0.2, 0.25) is 0 Å². The normalized spacial score (nSPS) is 20.2. The highest BCUT2D eigenvalue weighted by Crippen LogP contribution is 2.45. The number of hydrogen-bond donors (Lipinski definition) is 1. The third kappa shape index (κ3) is 2.80. The van der Waals surface area contributed by atoms with Crippen LogP contribution in [0.3, 0.4) is 0 Å². The van der Waals surface area contributed by atoms with Gasteiger partial charge < -0.3 is 5.11 Å². The zero-order valence-electron chi connectivity index (χ0n) is 15.7. The lowest BCUT2D eigenvalue weighted by Gasteiger charge is -2.28. The molecule has 3 rings (SSSR count). The van der Waals surface area contributed by atoms with E-state index in [-0.39, 0.29) is 5.41 Å². The van der Waals surface area contributed by atoms with Crippen LogP contribution in [0, 0.1) is 0 Å². The van der Waals surface area contributed by atoms with E-state index in [1.165, 1.54) is 27.8 Å². The Labute approximate surface area is 146 Å². The molecule has 0 amide bonds. The monoisotopic (exact) mass is 322 g/mol. The summed E-state index contributed by atoms with van der Waals surface area (Å²) in [5.41, 5.74) is 6.86. The number of aryl methyl sites for hydroxylation is 3. The van der Waals surface area contributed by atoms with Gasteiger partial charge in [0.2, 0.25) is 0 Å². The molecule has 2 aromatic carbocycles. The van der Waals surface area contributed by atoms with Crippen molar-refractivity contribution >= 4 is 0 Å². The first-order valence-electron chi connectivity index (χ1n) is 9.28. The van der Waals surface area contributed by atoms with Gasteiger partial charge >= 0.3 is 0 Å². The van der Waals surface area contributed by atoms with E-state index in [1.54, 1.807) is 0 Å². The Kier molecular flexibility index (Phi) is 4.34. The highest BCUT2D eigenvalue weighted by Gasteiger charge is 2.40. The molecule has 0 fully saturated rings. The maximum atomic E-state index is 11.6. The van der Waals surface area contributed by atoms with Crippen molar-refractivity contribution in [1.29, 1.82) is 0 Å². The maximum Gasteiger partial charge on any atom is 0.115 e. The molecule has 1 heteroatoms. The molecule has 1 aliphatic rings. The van der Waals surface area contributed by atoms with Gasteiger partial charge in [-0.2, -0.15) is 0 Å². The molecule has 0 heterocycles. The minimum atomic E-state index is -0.830. The van der Waals surface area contributed by atoms with E-state index < -0.39 is 5.60 Å². The van der Waals surface area contributed by atoms with Crippen LogP contribution in [0.15, 0.2) is 36.4 Å². The van der Waals surface area contributed by atoms with Crippen LogP contribution in [0.4, 0.5) is 0 Å². The van der Waals surface area contributed by atoms with E-state index >= 15 is 0 Å². The Balaban J connectivity index is 2.08. The number of fused-ring (bicyclic) bond motifs is 1. The summed E-state index contributed by atoms with van der Waals surface area (Å²) in [5, 5.41) is 11.6. The van der Waals surface area contributed by atoms with Crippen LogP contribution < -0.4 is 0 Å². The average molecular weight is 322 g/mol. The SMILES string of the molecule is CCc1cc(CC)c2c(c1)CCC2(O)c1ccc(C(C)(C)C)cc1. The Morgan fingerprint density at radius 3 is 2.21 bits per heavy atom. The molecule has 0 aliphatic heterocycles. The van der Waals surface area contributed by atoms with Crippen molar-refractivity contribution in [3.05, 3.63) is 69.8 Å². The lowest BCUT2D eigenvalue weighted by atomic mass is 9.81. The van der Waals surface area contributed by atoms with Gasteiger partial charge in [0, 0.05) is 0 Å². The van der Waals surface area contributed by atoms with Crippen molar-refractivity contribution in [2.75, 3.05) is 0 Å².